The first-order valence-electron chi connectivity index (χ1n) is 15.6. The molecule has 2 rings (SSSR count). The van der Waals surface area contributed by atoms with Crippen LogP contribution >= 0.6 is 0 Å². The van der Waals surface area contributed by atoms with Crippen molar-refractivity contribution in [1.82, 2.24) is 14.3 Å². The van der Waals surface area contributed by atoms with Gasteiger partial charge in [0.1, 0.15) is 5.75 Å². The summed E-state index contributed by atoms with van der Waals surface area (Å²) in [6.07, 6.45) is 12.1. The average molecular weight is 573 g/mol. The number of nitrogens with zero attached hydrogens (tertiary/aromatic N) is 3. The number of unbranched alkanes of at least 4 members (excludes halogenated alkanes) is 8. The second kappa shape index (κ2) is 18.4. The normalized spacial score (nSPS) is 11.4. The number of rotatable bonds is 21. The van der Waals surface area contributed by atoms with Gasteiger partial charge < -0.3 is 14.8 Å². The Morgan fingerprint density at radius 1 is 0.902 bits per heavy atom. The van der Waals surface area contributed by atoms with Crippen LogP contribution in [0.25, 0.3) is 0 Å². The van der Waals surface area contributed by atoms with Crippen LogP contribution in [-0.4, -0.2) is 39.1 Å². The third kappa shape index (κ3) is 11.7. The van der Waals surface area contributed by atoms with E-state index in [0.717, 1.165) is 76.2 Å². The summed E-state index contributed by atoms with van der Waals surface area (Å²) in [6.45, 7) is 11.3. The highest BCUT2D eigenvalue weighted by Gasteiger charge is 2.31. The van der Waals surface area contributed by atoms with Gasteiger partial charge in [0.25, 0.3) is 5.56 Å². The highest BCUT2D eigenvalue weighted by atomic mass is 16.6. The van der Waals surface area contributed by atoms with Gasteiger partial charge in [-0.05, 0) is 64.2 Å². The Labute approximate surface area is 245 Å². The number of hydrogen-bond acceptors (Lipinski definition) is 7. The summed E-state index contributed by atoms with van der Waals surface area (Å²) in [5, 5.41) is 7.63. The van der Waals surface area contributed by atoms with E-state index in [0.29, 0.717) is 32.0 Å². The molecule has 0 saturated carbocycles. The van der Waals surface area contributed by atoms with Gasteiger partial charge in [-0.2, -0.15) is 0 Å². The molecule has 9 nitrogen and oxygen atoms in total. The molecular weight excluding hydrogens is 520 g/mol. The highest BCUT2D eigenvalue weighted by Crippen LogP contribution is 2.21. The molecule has 0 amide bonds. The van der Waals surface area contributed by atoms with Crippen LogP contribution in [0.3, 0.4) is 0 Å². The largest absolute Gasteiger partial charge is 0.476 e. The lowest BCUT2D eigenvalue weighted by molar-refractivity contribution is -0.158. The van der Waals surface area contributed by atoms with Gasteiger partial charge in [0.15, 0.2) is 5.60 Å². The zero-order valence-corrected chi connectivity index (χ0v) is 26.0. The van der Waals surface area contributed by atoms with E-state index in [1.54, 1.807) is 20.8 Å². The molecule has 0 atom stereocenters. The van der Waals surface area contributed by atoms with Crippen molar-refractivity contribution in [2.24, 2.45) is 0 Å². The lowest BCUT2D eigenvalue weighted by atomic mass is 10.1. The molecule has 1 aromatic heterocycles. The van der Waals surface area contributed by atoms with Gasteiger partial charge in [-0.3, -0.25) is 9.36 Å². The molecule has 230 valence electrons. The number of aryl methyl sites for hydroxylation is 2. The average Bonchev–Trinajstić information content (AvgIpc) is 2.94. The second-order valence-electron chi connectivity index (χ2n) is 11.2. The molecule has 0 saturated heterocycles. The van der Waals surface area contributed by atoms with Crippen LogP contribution in [0.5, 0.6) is 5.75 Å². The maximum Gasteiger partial charge on any atom is 0.349 e. The number of benzene rings is 1. The SMILES string of the molecule is CCCCCCCn1nc(NCCCc2cccc(OC(C)(C)C(=O)OCC)c2)c(=O)n(CCCCCCC)c1=O. The van der Waals surface area contributed by atoms with Crippen molar-refractivity contribution in [2.45, 2.75) is 130 Å². The Morgan fingerprint density at radius 2 is 1.56 bits per heavy atom. The monoisotopic (exact) mass is 572 g/mol. The van der Waals surface area contributed by atoms with E-state index in [-0.39, 0.29) is 17.1 Å². The summed E-state index contributed by atoms with van der Waals surface area (Å²) < 4.78 is 13.9. The molecule has 0 radical (unpaired) electrons. The molecule has 2 aromatic rings. The number of nitrogens with one attached hydrogen (secondary N) is 1. The number of anilines is 1. The standard InChI is InChI=1S/C32H52N4O5/c1-6-9-11-13-15-23-35-29(37)28(34-36(31(35)39)24-16-14-12-10-7-2)33-22-18-20-26-19-17-21-27(25-26)41-32(4,5)30(38)40-8-3/h17,19,21,25H,6-16,18,20,22-24H2,1-5H3,(H,33,34). The Kier molecular flexibility index (Phi) is 15.3. The molecule has 1 heterocycles. The minimum absolute atomic E-state index is 0.236. The quantitative estimate of drug-likeness (QED) is 0.142. The minimum atomic E-state index is -1.09. The summed E-state index contributed by atoms with van der Waals surface area (Å²) >= 11 is 0. The van der Waals surface area contributed by atoms with Gasteiger partial charge in [-0.15, -0.1) is 5.10 Å². The van der Waals surface area contributed by atoms with Gasteiger partial charge in [-0.25, -0.2) is 14.3 Å². The predicted octanol–water partition coefficient (Wildman–Crippen LogP) is 6.11. The summed E-state index contributed by atoms with van der Waals surface area (Å²) in [4.78, 5) is 38.5. The summed E-state index contributed by atoms with van der Waals surface area (Å²) in [5.74, 6) is 0.430. The van der Waals surface area contributed by atoms with Gasteiger partial charge in [-0.1, -0.05) is 77.3 Å². The third-order valence-corrected chi connectivity index (χ3v) is 7.05. The Hall–Kier alpha value is -3.10. The fourth-order valence-corrected chi connectivity index (χ4v) is 4.66. The smallest absolute Gasteiger partial charge is 0.349 e. The molecule has 1 N–H and O–H groups in total. The third-order valence-electron chi connectivity index (χ3n) is 7.05. The zero-order valence-electron chi connectivity index (χ0n) is 26.0. The van der Waals surface area contributed by atoms with Gasteiger partial charge >= 0.3 is 11.7 Å². The molecule has 9 heteroatoms. The van der Waals surface area contributed by atoms with Crippen molar-refractivity contribution in [3.8, 4) is 5.75 Å². The molecule has 0 fully saturated rings. The highest BCUT2D eigenvalue weighted by molar-refractivity contribution is 5.79. The maximum atomic E-state index is 13.2. The first-order valence-corrected chi connectivity index (χ1v) is 15.6. The lowest BCUT2D eigenvalue weighted by Gasteiger charge is -2.24. The van der Waals surface area contributed by atoms with E-state index < -0.39 is 11.6 Å². The Bertz CT molecular complexity index is 1170. The van der Waals surface area contributed by atoms with Crippen molar-refractivity contribution in [3.63, 3.8) is 0 Å². The molecular formula is C32H52N4O5. The van der Waals surface area contributed by atoms with Crippen molar-refractivity contribution in [1.29, 1.82) is 0 Å². The molecule has 0 aliphatic heterocycles. The topological polar surface area (TPSA) is 104 Å². The lowest BCUT2D eigenvalue weighted by Crippen LogP contribution is -2.43. The summed E-state index contributed by atoms with van der Waals surface area (Å²) in [7, 11) is 0. The zero-order chi connectivity index (χ0) is 30.1. The summed E-state index contributed by atoms with van der Waals surface area (Å²) in [5.41, 5.74) is -0.687. The van der Waals surface area contributed by atoms with Gasteiger partial charge in [0.2, 0.25) is 5.82 Å². The van der Waals surface area contributed by atoms with Crippen LogP contribution in [0.15, 0.2) is 33.9 Å². The van der Waals surface area contributed by atoms with Crippen molar-refractivity contribution in [3.05, 3.63) is 50.7 Å². The number of esters is 1. The van der Waals surface area contributed by atoms with Crippen molar-refractivity contribution in [2.75, 3.05) is 18.5 Å². The number of ether oxygens (including phenoxy) is 2. The molecule has 0 aliphatic carbocycles. The van der Waals surface area contributed by atoms with Crippen LogP contribution in [-0.2, 0) is 29.0 Å². The number of hydrogen-bond donors (Lipinski definition) is 1. The molecule has 1 aromatic carbocycles. The Morgan fingerprint density at radius 3 is 2.22 bits per heavy atom. The van der Waals surface area contributed by atoms with Crippen LogP contribution in [0, 0.1) is 0 Å². The van der Waals surface area contributed by atoms with Crippen LogP contribution < -0.4 is 21.3 Å². The van der Waals surface area contributed by atoms with Crippen LogP contribution in [0.4, 0.5) is 5.82 Å². The number of carbonyl (C=O) groups excluding carboxylic acids is 1. The first-order chi connectivity index (χ1) is 19.7. The van der Waals surface area contributed by atoms with E-state index in [1.165, 1.54) is 15.7 Å². The Balaban J connectivity index is 2.04. The fraction of sp³-hybridized carbons (Fsp3) is 0.688. The molecule has 0 spiro atoms. The molecule has 0 aliphatic rings. The van der Waals surface area contributed by atoms with Crippen LogP contribution in [0.2, 0.25) is 0 Å². The first kappa shape index (κ1) is 34.1. The van der Waals surface area contributed by atoms with Crippen LogP contribution in [0.1, 0.15) is 111 Å². The van der Waals surface area contributed by atoms with Gasteiger partial charge in [0, 0.05) is 19.6 Å². The van der Waals surface area contributed by atoms with Gasteiger partial charge in [0.05, 0.1) is 6.61 Å². The summed E-state index contributed by atoms with van der Waals surface area (Å²) in [6, 6.07) is 7.65. The minimum Gasteiger partial charge on any atom is -0.476 e. The molecule has 41 heavy (non-hydrogen) atoms. The number of aromatic nitrogens is 3. The van der Waals surface area contributed by atoms with E-state index in [1.807, 2.05) is 24.3 Å². The molecule has 0 bridgehead atoms. The fourth-order valence-electron chi connectivity index (χ4n) is 4.66. The predicted molar refractivity (Wildman–Crippen MR) is 165 cm³/mol. The van der Waals surface area contributed by atoms with E-state index in [9.17, 15) is 14.4 Å². The second-order valence-corrected chi connectivity index (χ2v) is 11.2. The van der Waals surface area contributed by atoms with E-state index in [2.05, 4.69) is 24.3 Å². The van der Waals surface area contributed by atoms with E-state index >= 15 is 0 Å². The van der Waals surface area contributed by atoms with Crippen molar-refractivity contribution >= 4 is 11.8 Å². The van der Waals surface area contributed by atoms with Crippen molar-refractivity contribution < 1.29 is 14.3 Å². The van der Waals surface area contributed by atoms with E-state index in [4.69, 9.17) is 9.47 Å². The molecule has 0 unspecified atom stereocenters. The maximum absolute atomic E-state index is 13.2. The number of carbonyl (C=O) groups is 1.